The quantitative estimate of drug-likeness (QED) is 0.171. The number of benzene rings is 2. The molecular formula is C34H44O3S5. The lowest BCUT2D eigenvalue weighted by Gasteiger charge is -2.30. The highest BCUT2D eigenvalue weighted by Gasteiger charge is 2.28. The standard InChI is InChI=1S/C19H26O2S2.C15H18OS3/c1-11-16(22-23-17(11)20)12-9-13(18(2,3)4)15(21-8)14(10-12)19(5,6)7;1-8(2)11-5-10(13-7-14(17)19-18-13)6-12(9(3)4)15(11)16/h9-10H,1-8H3;5-9,16H,1-4H3. The number of ether oxygens (including phenoxy) is 1. The highest BCUT2D eigenvalue weighted by atomic mass is 32.9. The summed E-state index contributed by atoms with van der Waals surface area (Å²) < 4.78 is 6.88. The third kappa shape index (κ3) is 7.81. The summed E-state index contributed by atoms with van der Waals surface area (Å²) in [5.41, 5.74) is 7.50. The molecule has 0 amide bonds. The van der Waals surface area contributed by atoms with Gasteiger partial charge in [0.25, 0.3) is 0 Å². The Morgan fingerprint density at radius 3 is 1.60 bits per heavy atom. The van der Waals surface area contributed by atoms with Crippen molar-refractivity contribution < 1.29 is 9.84 Å². The van der Waals surface area contributed by atoms with Gasteiger partial charge in [0.1, 0.15) is 15.3 Å². The lowest BCUT2D eigenvalue weighted by Crippen LogP contribution is -2.19. The maximum Gasteiger partial charge on any atom is 0.246 e. The molecule has 8 heteroatoms. The minimum absolute atomic E-state index is 0.0315. The van der Waals surface area contributed by atoms with Crippen LogP contribution in [0, 0.1) is 10.7 Å². The van der Waals surface area contributed by atoms with Gasteiger partial charge in [0, 0.05) is 21.6 Å². The molecular weight excluding hydrogens is 617 g/mol. The molecule has 0 aliphatic heterocycles. The van der Waals surface area contributed by atoms with Crippen molar-refractivity contribution >= 4 is 53.6 Å². The average molecular weight is 661 g/mol. The molecule has 228 valence electrons. The largest absolute Gasteiger partial charge is 0.507 e. The van der Waals surface area contributed by atoms with Gasteiger partial charge in [0.15, 0.2) is 0 Å². The van der Waals surface area contributed by atoms with E-state index in [2.05, 4.69) is 93.5 Å². The normalized spacial score (nSPS) is 12.0. The van der Waals surface area contributed by atoms with E-state index in [-0.39, 0.29) is 15.6 Å². The molecule has 0 saturated heterocycles. The Balaban J connectivity index is 0.000000235. The molecule has 0 aliphatic rings. The Hall–Kier alpha value is -1.84. The molecule has 0 bridgehead atoms. The fourth-order valence-electron chi connectivity index (χ4n) is 4.73. The third-order valence-electron chi connectivity index (χ3n) is 7.18. The number of rotatable bonds is 5. The number of aromatic hydroxyl groups is 1. The predicted molar refractivity (Wildman–Crippen MR) is 191 cm³/mol. The molecule has 2 aromatic heterocycles. The summed E-state index contributed by atoms with van der Waals surface area (Å²) in [7, 11) is 7.96. The molecule has 0 spiro atoms. The summed E-state index contributed by atoms with van der Waals surface area (Å²) in [5.74, 6) is 2.04. The zero-order valence-corrected chi connectivity index (χ0v) is 30.9. The SMILES string of the molecule is CC(C)c1cc(-c2cc(=S)ss2)cc(C(C)C)c1O.COc1c(C(C)(C)C)cc(-c2ssc(=O)c2C)cc1C(C)(C)C. The van der Waals surface area contributed by atoms with Crippen LogP contribution in [0.2, 0.25) is 0 Å². The molecule has 0 radical (unpaired) electrons. The van der Waals surface area contributed by atoms with E-state index < -0.39 is 0 Å². The number of phenolic OH excluding ortho intramolecular Hbond substituents is 1. The minimum Gasteiger partial charge on any atom is -0.507 e. The van der Waals surface area contributed by atoms with E-state index in [9.17, 15) is 9.90 Å². The molecule has 2 aromatic carbocycles. The van der Waals surface area contributed by atoms with Gasteiger partial charge in [-0.1, -0.05) is 112 Å². The summed E-state index contributed by atoms with van der Waals surface area (Å²) in [6.45, 7) is 23.5. The lowest BCUT2D eigenvalue weighted by atomic mass is 9.78. The first-order chi connectivity index (χ1) is 19.4. The van der Waals surface area contributed by atoms with Crippen LogP contribution in [0.1, 0.15) is 109 Å². The van der Waals surface area contributed by atoms with Gasteiger partial charge in [-0.2, -0.15) is 0 Å². The topological polar surface area (TPSA) is 46.5 Å². The summed E-state index contributed by atoms with van der Waals surface area (Å²) >= 11 is 5.21. The van der Waals surface area contributed by atoms with E-state index in [0.29, 0.717) is 17.6 Å². The van der Waals surface area contributed by atoms with Gasteiger partial charge in [-0.25, -0.2) is 0 Å². The van der Waals surface area contributed by atoms with Crippen molar-refractivity contribution in [2.45, 2.75) is 98.8 Å². The van der Waals surface area contributed by atoms with E-state index in [4.69, 9.17) is 17.0 Å². The number of methoxy groups -OCH3 is 1. The Morgan fingerprint density at radius 1 is 0.762 bits per heavy atom. The molecule has 0 unspecified atom stereocenters. The molecule has 0 aliphatic carbocycles. The van der Waals surface area contributed by atoms with Crippen LogP contribution >= 0.6 is 53.6 Å². The molecule has 0 atom stereocenters. The van der Waals surface area contributed by atoms with Crippen LogP contribution < -0.4 is 9.48 Å². The van der Waals surface area contributed by atoms with Crippen molar-refractivity contribution in [2.75, 3.05) is 7.11 Å². The van der Waals surface area contributed by atoms with E-state index >= 15 is 0 Å². The maximum atomic E-state index is 11.9. The van der Waals surface area contributed by atoms with Gasteiger partial charge < -0.3 is 9.84 Å². The van der Waals surface area contributed by atoms with Crippen LogP contribution in [-0.4, -0.2) is 12.2 Å². The van der Waals surface area contributed by atoms with Gasteiger partial charge in [-0.3, -0.25) is 4.79 Å². The van der Waals surface area contributed by atoms with Crippen molar-refractivity contribution in [2.24, 2.45) is 0 Å². The number of phenols is 1. The highest BCUT2D eigenvalue weighted by Crippen LogP contribution is 2.44. The van der Waals surface area contributed by atoms with Gasteiger partial charge in [0.05, 0.1) is 12.0 Å². The van der Waals surface area contributed by atoms with E-state index in [1.165, 1.54) is 31.9 Å². The summed E-state index contributed by atoms with van der Waals surface area (Å²) in [6, 6.07) is 10.6. The zero-order chi connectivity index (χ0) is 31.7. The third-order valence-corrected chi connectivity index (χ3v) is 12.5. The zero-order valence-electron chi connectivity index (χ0n) is 26.8. The smallest absolute Gasteiger partial charge is 0.246 e. The second kappa shape index (κ2) is 13.4. The first-order valence-electron chi connectivity index (χ1n) is 14.2. The van der Waals surface area contributed by atoms with Crippen LogP contribution in [0.15, 0.2) is 35.1 Å². The van der Waals surface area contributed by atoms with Crippen LogP contribution in [0.25, 0.3) is 20.9 Å². The first kappa shape index (κ1) is 34.6. The van der Waals surface area contributed by atoms with Gasteiger partial charge >= 0.3 is 0 Å². The predicted octanol–water partition coefficient (Wildman–Crippen LogP) is 11.9. The second-order valence-corrected chi connectivity index (χ2v) is 18.3. The molecule has 42 heavy (non-hydrogen) atoms. The molecule has 2 heterocycles. The Bertz CT molecular complexity index is 1590. The maximum absolute atomic E-state index is 11.9. The molecule has 0 fully saturated rings. The summed E-state index contributed by atoms with van der Waals surface area (Å²) in [4.78, 5) is 14.2. The first-order valence-corrected chi connectivity index (χ1v) is 18.9. The van der Waals surface area contributed by atoms with Crippen molar-refractivity contribution in [1.82, 2.24) is 0 Å². The van der Waals surface area contributed by atoms with Crippen LogP contribution in [0.5, 0.6) is 11.5 Å². The highest BCUT2D eigenvalue weighted by molar-refractivity contribution is 7.80. The molecule has 4 aromatic rings. The Labute approximate surface area is 271 Å². The van der Waals surface area contributed by atoms with Crippen molar-refractivity contribution in [3.8, 4) is 32.4 Å². The Kier molecular flexibility index (Phi) is 11.1. The van der Waals surface area contributed by atoms with E-state index in [0.717, 1.165) is 36.7 Å². The van der Waals surface area contributed by atoms with Crippen LogP contribution in [0.3, 0.4) is 0 Å². The lowest BCUT2D eigenvalue weighted by molar-refractivity contribution is 0.381. The molecule has 4 rings (SSSR count). The van der Waals surface area contributed by atoms with Crippen LogP contribution in [-0.2, 0) is 10.8 Å². The minimum atomic E-state index is -0.0315. The summed E-state index contributed by atoms with van der Waals surface area (Å²) in [6.07, 6.45) is 0. The fourth-order valence-corrected chi connectivity index (χ4v) is 9.51. The Morgan fingerprint density at radius 2 is 1.26 bits per heavy atom. The van der Waals surface area contributed by atoms with Crippen molar-refractivity contribution in [1.29, 1.82) is 0 Å². The van der Waals surface area contributed by atoms with Gasteiger partial charge in [0.2, 0.25) is 4.74 Å². The van der Waals surface area contributed by atoms with Crippen molar-refractivity contribution in [3.63, 3.8) is 0 Å². The fraction of sp³-hybridized carbons (Fsp3) is 0.471. The van der Waals surface area contributed by atoms with Crippen molar-refractivity contribution in [3.05, 3.63) is 71.5 Å². The van der Waals surface area contributed by atoms with E-state index in [1.807, 2.05) is 13.0 Å². The van der Waals surface area contributed by atoms with Gasteiger partial charge in [-0.05, 0) is 92.5 Å². The number of hydrogen-bond acceptors (Lipinski definition) is 8. The monoisotopic (exact) mass is 660 g/mol. The molecule has 0 saturated carbocycles. The van der Waals surface area contributed by atoms with E-state index in [1.54, 1.807) is 38.1 Å². The molecule has 3 nitrogen and oxygen atoms in total. The second-order valence-electron chi connectivity index (χ2n) is 13.3. The summed E-state index contributed by atoms with van der Waals surface area (Å²) in [5, 5.41) is 10.4. The molecule has 1 N–H and O–H groups in total. The van der Waals surface area contributed by atoms with Crippen LogP contribution in [0.4, 0.5) is 0 Å². The van der Waals surface area contributed by atoms with Gasteiger partial charge in [-0.15, -0.1) is 0 Å². The average Bonchev–Trinajstić information content (AvgIpc) is 3.47. The number of hydrogen-bond donors (Lipinski definition) is 1.